The van der Waals surface area contributed by atoms with Gasteiger partial charge in [-0.25, -0.2) is 14.8 Å². The summed E-state index contributed by atoms with van der Waals surface area (Å²) in [7, 11) is 1.33. The van der Waals surface area contributed by atoms with E-state index in [0.29, 0.717) is 5.82 Å². The van der Waals surface area contributed by atoms with Crippen molar-refractivity contribution in [2.24, 2.45) is 0 Å². The molecule has 0 saturated carbocycles. The van der Waals surface area contributed by atoms with Gasteiger partial charge in [0.05, 0.1) is 17.5 Å². The summed E-state index contributed by atoms with van der Waals surface area (Å²) in [6, 6.07) is 1.61. The number of ether oxygens (including phenoxy) is 1. The summed E-state index contributed by atoms with van der Waals surface area (Å²) in [5, 5.41) is 0.726. The topological polar surface area (TPSA) is 65.0 Å². The minimum Gasteiger partial charge on any atom is -0.464 e. The van der Waals surface area contributed by atoms with Gasteiger partial charge in [-0.3, -0.25) is 4.98 Å². The van der Waals surface area contributed by atoms with Gasteiger partial charge < -0.3 is 4.74 Å². The molecular weight excluding hydrogens is 258 g/mol. The van der Waals surface area contributed by atoms with Crippen LogP contribution in [0.15, 0.2) is 22.8 Å². The molecule has 0 saturated heterocycles. The van der Waals surface area contributed by atoms with Gasteiger partial charge in [0.1, 0.15) is 5.03 Å². The molecule has 17 heavy (non-hydrogen) atoms. The van der Waals surface area contributed by atoms with Crippen LogP contribution < -0.4 is 0 Å². The van der Waals surface area contributed by atoms with Gasteiger partial charge in [0.15, 0.2) is 11.5 Å². The van der Waals surface area contributed by atoms with Crippen LogP contribution in [0.2, 0.25) is 0 Å². The summed E-state index contributed by atoms with van der Waals surface area (Å²) in [6.07, 6.45) is 3.56. The van der Waals surface area contributed by atoms with E-state index in [2.05, 4.69) is 19.7 Å². The molecule has 0 aromatic carbocycles. The van der Waals surface area contributed by atoms with Gasteiger partial charge >= 0.3 is 5.97 Å². The highest BCUT2D eigenvalue weighted by molar-refractivity contribution is 7.98. The lowest BCUT2D eigenvalue weighted by atomic mass is 10.4. The van der Waals surface area contributed by atoms with Crippen molar-refractivity contribution in [3.63, 3.8) is 0 Å². The zero-order valence-corrected chi connectivity index (χ0v) is 10.8. The van der Waals surface area contributed by atoms with Crippen LogP contribution in [0.3, 0.4) is 0 Å². The molecule has 0 fully saturated rings. The number of carbonyl (C=O) groups excluding carboxylic acids is 1. The van der Waals surface area contributed by atoms with Gasteiger partial charge in [0.25, 0.3) is 0 Å². The molecule has 0 unspecified atom stereocenters. The van der Waals surface area contributed by atoms with Crippen LogP contribution >= 0.6 is 23.1 Å². The van der Waals surface area contributed by atoms with Gasteiger partial charge in [-0.05, 0) is 6.26 Å². The third kappa shape index (κ3) is 2.62. The number of hydrogen-bond donors (Lipinski definition) is 0. The highest BCUT2D eigenvalue weighted by atomic mass is 32.2. The molecule has 2 aromatic heterocycles. The number of rotatable bonds is 3. The Morgan fingerprint density at radius 2 is 2.29 bits per heavy atom. The lowest BCUT2D eigenvalue weighted by Crippen LogP contribution is -2.06. The Balaban J connectivity index is 2.49. The fraction of sp³-hybridized carbons (Fsp3) is 0.200. The van der Waals surface area contributed by atoms with Crippen LogP contribution in [0, 0.1) is 0 Å². The molecule has 2 heterocycles. The van der Waals surface area contributed by atoms with Gasteiger partial charge in [-0.15, -0.1) is 23.1 Å². The van der Waals surface area contributed by atoms with Gasteiger partial charge in [-0.2, -0.15) is 0 Å². The van der Waals surface area contributed by atoms with E-state index in [1.807, 2.05) is 6.26 Å². The average molecular weight is 267 g/mol. The van der Waals surface area contributed by atoms with E-state index in [1.165, 1.54) is 30.2 Å². The van der Waals surface area contributed by atoms with Crippen LogP contribution in [0.1, 0.15) is 10.5 Å². The molecule has 0 aliphatic heterocycles. The van der Waals surface area contributed by atoms with Crippen molar-refractivity contribution >= 4 is 29.1 Å². The summed E-state index contributed by atoms with van der Waals surface area (Å²) < 4.78 is 4.66. The molecule has 0 atom stereocenters. The second-order valence-electron chi connectivity index (χ2n) is 2.98. The second-order valence-corrected chi connectivity index (χ2v) is 4.69. The monoisotopic (exact) mass is 267 g/mol. The minimum absolute atomic E-state index is 0.259. The number of esters is 1. The van der Waals surface area contributed by atoms with E-state index in [1.54, 1.807) is 17.8 Å². The first kappa shape index (κ1) is 12.0. The van der Waals surface area contributed by atoms with Crippen molar-refractivity contribution < 1.29 is 9.53 Å². The smallest absolute Gasteiger partial charge is 0.356 e. The molecule has 7 heteroatoms. The highest BCUT2D eigenvalue weighted by Gasteiger charge is 2.13. The Hall–Kier alpha value is -1.47. The standard InChI is InChI=1S/C10H9N3O2S2/c1-15-10(14)6-3-8(16-2)13-9(12-6)7-4-11-5-17-7/h3-5H,1-2H3. The Kier molecular flexibility index (Phi) is 3.70. The quantitative estimate of drug-likeness (QED) is 0.482. The summed E-state index contributed by atoms with van der Waals surface area (Å²) in [4.78, 5) is 24.8. The van der Waals surface area contributed by atoms with Crippen molar-refractivity contribution in [3.05, 3.63) is 23.5 Å². The van der Waals surface area contributed by atoms with E-state index in [4.69, 9.17) is 0 Å². The van der Waals surface area contributed by atoms with E-state index in [0.717, 1.165) is 9.90 Å². The molecule has 0 radical (unpaired) electrons. The molecule has 0 spiro atoms. The first-order valence-corrected chi connectivity index (χ1v) is 6.75. The normalized spacial score (nSPS) is 10.2. The highest BCUT2D eigenvalue weighted by Crippen LogP contribution is 2.23. The van der Waals surface area contributed by atoms with E-state index in [9.17, 15) is 4.79 Å². The van der Waals surface area contributed by atoms with E-state index < -0.39 is 5.97 Å². The molecular formula is C10H9N3O2S2. The van der Waals surface area contributed by atoms with Crippen molar-refractivity contribution in [2.45, 2.75) is 5.03 Å². The van der Waals surface area contributed by atoms with Gasteiger partial charge in [0.2, 0.25) is 0 Å². The molecule has 0 aliphatic carbocycles. The number of aromatic nitrogens is 3. The number of thioether (sulfide) groups is 1. The molecule has 0 N–H and O–H groups in total. The fourth-order valence-electron chi connectivity index (χ4n) is 1.18. The Bertz CT molecular complexity index is 528. The molecule has 2 aromatic rings. The number of methoxy groups -OCH3 is 1. The zero-order valence-electron chi connectivity index (χ0n) is 9.21. The van der Waals surface area contributed by atoms with Crippen molar-refractivity contribution in [1.29, 1.82) is 0 Å². The summed E-state index contributed by atoms with van der Waals surface area (Å²) in [6.45, 7) is 0. The van der Waals surface area contributed by atoms with Crippen LogP contribution in [0.5, 0.6) is 0 Å². The zero-order chi connectivity index (χ0) is 12.3. The van der Waals surface area contributed by atoms with Gasteiger partial charge in [-0.1, -0.05) is 0 Å². The van der Waals surface area contributed by atoms with E-state index >= 15 is 0 Å². The molecule has 0 bridgehead atoms. The minimum atomic E-state index is -0.464. The predicted octanol–water partition coefficient (Wildman–Crippen LogP) is 2.11. The van der Waals surface area contributed by atoms with Crippen LogP contribution in [0.25, 0.3) is 10.7 Å². The molecule has 0 aliphatic rings. The summed E-state index contributed by atoms with van der Waals surface area (Å²) in [5.41, 5.74) is 1.96. The van der Waals surface area contributed by atoms with E-state index in [-0.39, 0.29) is 5.69 Å². The Labute approximate surface area is 106 Å². The Morgan fingerprint density at radius 3 is 2.88 bits per heavy atom. The van der Waals surface area contributed by atoms with Crippen LogP contribution in [-0.4, -0.2) is 34.3 Å². The lowest BCUT2D eigenvalue weighted by Gasteiger charge is -2.03. The summed E-state index contributed by atoms with van der Waals surface area (Å²) in [5.74, 6) is 0.0354. The maximum atomic E-state index is 11.5. The molecule has 2 rings (SSSR count). The number of carbonyl (C=O) groups is 1. The van der Waals surface area contributed by atoms with Crippen molar-refractivity contribution in [3.8, 4) is 10.7 Å². The van der Waals surface area contributed by atoms with Crippen molar-refractivity contribution in [1.82, 2.24) is 15.0 Å². The fourth-order valence-corrected chi connectivity index (χ4v) is 2.14. The first-order chi connectivity index (χ1) is 8.24. The van der Waals surface area contributed by atoms with Gasteiger partial charge in [0, 0.05) is 12.3 Å². The Morgan fingerprint density at radius 1 is 1.47 bits per heavy atom. The van der Waals surface area contributed by atoms with Crippen LogP contribution in [0.4, 0.5) is 0 Å². The maximum absolute atomic E-state index is 11.5. The largest absolute Gasteiger partial charge is 0.464 e. The average Bonchev–Trinajstić information content (AvgIpc) is 2.91. The SMILES string of the molecule is COC(=O)c1cc(SC)nc(-c2cncs2)n1. The molecule has 0 amide bonds. The summed E-state index contributed by atoms with van der Waals surface area (Å²) >= 11 is 2.87. The third-order valence-corrected chi connectivity index (χ3v) is 3.36. The second kappa shape index (κ2) is 5.24. The predicted molar refractivity (Wildman–Crippen MR) is 66.3 cm³/mol. The maximum Gasteiger partial charge on any atom is 0.356 e. The number of hydrogen-bond acceptors (Lipinski definition) is 7. The number of nitrogens with zero attached hydrogens (tertiary/aromatic N) is 3. The number of thiazole rings is 1. The van der Waals surface area contributed by atoms with Crippen LogP contribution in [-0.2, 0) is 4.74 Å². The lowest BCUT2D eigenvalue weighted by molar-refractivity contribution is 0.0593. The molecule has 88 valence electrons. The first-order valence-electron chi connectivity index (χ1n) is 4.65. The van der Waals surface area contributed by atoms with Crippen molar-refractivity contribution in [2.75, 3.05) is 13.4 Å². The third-order valence-electron chi connectivity index (χ3n) is 1.96. The molecule has 5 nitrogen and oxygen atoms in total.